The Morgan fingerprint density at radius 3 is 2.40 bits per heavy atom. The molecular formula is C21H25Cl2N3O3S. The third-order valence-corrected chi connectivity index (χ3v) is 7.37. The van der Waals surface area contributed by atoms with Crippen LogP contribution in [0.3, 0.4) is 0 Å². The summed E-state index contributed by atoms with van der Waals surface area (Å²) in [6.07, 6.45) is 2.32. The van der Waals surface area contributed by atoms with Gasteiger partial charge < -0.3 is 10.2 Å². The van der Waals surface area contributed by atoms with Gasteiger partial charge in [0.25, 0.3) is 0 Å². The molecule has 1 N–H and O–H groups in total. The second-order valence-electron chi connectivity index (χ2n) is 7.38. The molecule has 0 aromatic heterocycles. The molecule has 0 atom stereocenters. The van der Waals surface area contributed by atoms with Gasteiger partial charge in [-0.2, -0.15) is 4.31 Å². The van der Waals surface area contributed by atoms with Crippen LogP contribution in [0.15, 0.2) is 48.5 Å². The molecule has 162 valence electrons. The maximum atomic E-state index is 12.5. The highest BCUT2D eigenvalue weighted by Gasteiger charge is 2.32. The van der Waals surface area contributed by atoms with Gasteiger partial charge in [-0.1, -0.05) is 65.7 Å². The predicted molar refractivity (Wildman–Crippen MR) is 120 cm³/mol. The van der Waals surface area contributed by atoms with E-state index < -0.39 is 10.0 Å². The minimum Gasteiger partial charge on any atom is -0.334 e. The second-order valence-corrected chi connectivity index (χ2v) is 10.1. The van der Waals surface area contributed by atoms with E-state index in [-0.39, 0.29) is 18.6 Å². The summed E-state index contributed by atoms with van der Waals surface area (Å²) < 4.78 is 26.4. The normalized spacial score (nSPS) is 15.4. The number of hydrogen-bond acceptors (Lipinski definition) is 3. The van der Waals surface area contributed by atoms with Crippen molar-refractivity contribution in [2.24, 2.45) is 0 Å². The molecule has 1 heterocycles. The highest BCUT2D eigenvalue weighted by Crippen LogP contribution is 2.29. The molecule has 1 saturated heterocycles. The van der Waals surface area contributed by atoms with Crippen LogP contribution in [0.4, 0.5) is 4.79 Å². The molecule has 9 heteroatoms. The summed E-state index contributed by atoms with van der Waals surface area (Å²) in [5.41, 5.74) is 1.69. The number of nitrogens with one attached hydrogen (secondary N) is 1. The Morgan fingerprint density at radius 2 is 1.77 bits per heavy atom. The number of urea groups is 1. The fourth-order valence-electron chi connectivity index (χ4n) is 3.60. The van der Waals surface area contributed by atoms with E-state index in [4.69, 9.17) is 23.2 Å². The van der Waals surface area contributed by atoms with Gasteiger partial charge in [-0.15, -0.1) is 0 Å². The van der Waals surface area contributed by atoms with Crippen molar-refractivity contribution in [1.82, 2.24) is 14.5 Å². The van der Waals surface area contributed by atoms with Crippen LogP contribution in [0.5, 0.6) is 0 Å². The van der Waals surface area contributed by atoms with Crippen LogP contribution in [0, 0.1) is 0 Å². The largest absolute Gasteiger partial charge is 0.334 e. The minimum atomic E-state index is -3.46. The lowest BCUT2D eigenvalue weighted by atomic mass is 10.0. The van der Waals surface area contributed by atoms with Crippen LogP contribution < -0.4 is 5.32 Å². The Balaban J connectivity index is 1.60. The summed E-state index contributed by atoms with van der Waals surface area (Å²) in [6.45, 7) is 1.59. The highest BCUT2D eigenvalue weighted by molar-refractivity contribution is 7.88. The Bertz CT molecular complexity index is 978. The molecule has 2 aromatic rings. The first-order chi connectivity index (χ1) is 14.3. The van der Waals surface area contributed by atoms with Gasteiger partial charge in [0, 0.05) is 32.2 Å². The van der Waals surface area contributed by atoms with Crippen LogP contribution in [0.25, 0.3) is 0 Å². The molecule has 1 fully saturated rings. The number of carbonyl (C=O) groups excluding carboxylic acids is 1. The molecule has 1 aliphatic rings. The van der Waals surface area contributed by atoms with Gasteiger partial charge in [-0.05, 0) is 30.0 Å². The highest BCUT2D eigenvalue weighted by atomic mass is 35.5. The molecule has 0 spiro atoms. The molecule has 30 heavy (non-hydrogen) atoms. The second kappa shape index (κ2) is 10.0. The van der Waals surface area contributed by atoms with Crippen molar-refractivity contribution in [3.8, 4) is 0 Å². The fourth-order valence-corrected chi connectivity index (χ4v) is 5.10. The molecule has 6 nitrogen and oxygen atoms in total. The van der Waals surface area contributed by atoms with Crippen LogP contribution in [-0.2, 0) is 23.1 Å². The number of halogens is 2. The number of nitrogens with zero attached hydrogens (tertiary/aromatic N) is 2. The van der Waals surface area contributed by atoms with E-state index >= 15 is 0 Å². The van der Waals surface area contributed by atoms with Gasteiger partial charge in [0.15, 0.2) is 0 Å². The number of carbonyl (C=O) groups is 1. The lowest BCUT2D eigenvalue weighted by Gasteiger charge is -2.37. The van der Waals surface area contributed by atoms with E-state index in [1.807, 2.05) is 30.3 Å². The summed E-state index contributed by atoms with van der Waals surface area (Å²) >= 11 is 12.3. The first-order valence-corrected chi connectivity index (χ1v) is 12.3. The molecule has 1 aliphatic heterocycles. The zero-order valence-electron chi connectivity index (χ0n) is 16.7. The van der Waals surface area contributed by atoms with E-state index in [9.17, 15) is 13.2 Å². The maximum absolute atomic E-state index is 12.5. The summed E-state index contributed by atoms with van der Waals surface area (Å²) in [5, 5.41) is 3.68. The number of likely N-dealkylation sites (tertiary alicyclic amines) is 1. The van der Waals surface area contributed by atoms with Crippen LogP contribution >= 0.6 is 23.2 Å². The van der Waals surface area contributed by atoms with E-state index in [2.05, 4.69) is 5.32 Å². The average Bonchev–Trinajstić information content (AvgIpc) is 2.73. The molecule has 0 unspecified atom stereocenters. The van der Waals surface area contributed by atoms with Gasteiger partial charge in [-0.3, -0.25) is 0 Å². The number of rotatable bonds is 6. The first kappa shape index (κ1) is 22.9. The molecule has 0 radical (unpaired) electrons. The van der Waals surface area contributed by atoms with Crippen molar-refractivity contribution in [2.75, 3.05) is 19.3 Å². The van der Waals surface area contributed by atoms with Crippen molar-refractivity contribution < 1.29 is 13.2 Å². The smallest absolute Gasteiger partial charge is 0.317 e. The predicted octanol–water partition coefficient (Wildman–Crippen LogP) is 4.13. The fraction of sp³-hybridized carbons (Fsp3) is 0.381. The molecule has 2 amide bonds. The molecule has 0 bridgehead atoms. The number of hydrogen-bond donors (Lipinski definition) is 1. The van der Waals surface area contributed by atoms with Crippen LogP contribution in [-0.4, -0.2) is 49.0 Å². The minimum absolute atomic E-state index is 0.138. The van der Waals surface area contributed by atoms with Crippen molar-refractivity contribution in [3.63, 3.8) is 0 Å². The lowest BCUT2D eigenvalue weighted by Crippen LogP contribution is -2.50. The van der Waals surface area contributed by atoms with Gasteiger partial charge >= 0.3 is 6.03 Å². The molecular weight excluding hydrogens is 445 g/mol. The van der Waals surface area contributed by atoms with Gasteiger partial charge in [0.05, 0.1) is 16.3 Å². The zero-order chi connectivity index (χ0) is 21.7. The van der Waals surface area contributed by atoms with E-state index in [1.165, 1.54) is 10.6 Å². The topological polar surface area (TPSA) is 69.7 Å². The number of sulfonamides is 1. The zero-order valence-corrected chi connectivity index (χ0v) is 19.1. The summed E-state index contributed by atoms with van der Waals surface area (Å²) in [6, 6.07) is 14.6. The third kappa shape index (κ3) is 5.88. The quantitative estimate of drug-likeness (QED) is 0.691. The third-order valence-electron chi connectivity index (χ3n) is 5.23. The molecule has 3 rings (SSSR count). The van der Waals surface area contributed by atoms with Crippen molar-refractivity contribution in [1.29, 1.82) is 0 Å². The summed E-state index contributed by atoms with van der Waals surface area (Å²) in [4.78, 5) is 14.2. The van der Waals surface area contributed by atoms with Gasteiger partial charge in [0.1, 0.15) is 0 Å². The Kier molecular flexibility index (Phi) is 7.63. The summed E-state index contributed by atoms with van der Waals surface area (Å²) in [5.74, 6) is 0. The monoisotopic (exact) mass is 469 g/mol. The van der Waals surface area contributed by atoms with Crippen LogP contribution in [0.2, 0.25) is 10.0 Å². The molecule has 2 aromatic carbocycles. The maximum Gasteiger partial charge on any atom is 0.317 e. The Labute approximate surface area is 187 Å². The van der Waals surface area contributed by atoms with Crippen molar-refractivity contribution in [3.05, 3.63) is 69.7 Å². The van der Waals surface area contributed by atoms with E-state index in [0.717, 1.165) is 5.56 Å². The SMILES string of the molecule is CS(=O)(=O)N(Cc1cccc(Cl)c1Cl)C1CCN(C(=O)NCc2ccccc2)CC1. The van der Waals surface area contributed by atoms with E-state index in [1.54, 1.807) is 23.1 Å². The molecule has 0 saturated carbocycles. The number of benzene rings is 2. The number of piperidine rings is 1. The number of amides is 2. The van der Waals surface area contributed by atoms with Crippen molar-refractivity contribution in [2.45, 2.75) is 32.0 Å². The first-order valence-electron chi connectivity index (χ1n) is 9.72. The average molecular weight is 470 g/mol. The Morgan fingerprint density at radius 1 is 1.10 bits per heavy atom. The van der Waals surface area contributed by atoms with Gasteiger partial charge in [-0.25, -0.2) is 13.2 Å². The van der Waals surface area contributed by atoms with E-state index in [0.29, 0.717) is 48.1 Å². The van der Waals surface area contributed by atoms with Crippen LogP contribution in [0.1, 0.15) is 24.0 Å². The summed E-state index contributed by atoms with van der Waals surface area (Å²) in [7, 11) is -3.46. The Hall–Kier alpha value is -1.80. The molecule has 0 aliphatic carbocycles. The lowest BCUT2D eigenvalue weighted by molar-refractivity contribution is 0.156. The standard InChI is InChI=1S/C21H25Cl2N3O3S/c1-30(28,29)26(15-17-8-5-9-19(22)20(17)23)18-10-12-25(13-11-18)21(27)24-14-16-6-3-2-4-7-16/h2-9,18H,10-15H2,1H3,(H,24,27). The van der Waals surface area contributed by atoms with Crippen molar-refractivity contribution >= 4 is 39.3 Å². The van der Waals surface area contributed by atoms with Gasteiger partial charge in [0.2, 0.25) is 10.0 Å².